The fourth-order valence-corrected chi connectivity index (χ4v) is 2.96. The van der Waals surface area contributed by atoms with Gasteiger partial charge in [0.1, 0.15) is 17.8 Å². The Kier molecular flexibility index (Phi) is 6.28. The molecule has 0 aliphatic rings. The first kappa shape index (κ1) is 19.9. The van der Waals surface area contributed by atoms with Crippen molar-refractivity contribution in [1.82, 2.24) is 20.3 Å². The number of carbonyl (C=O) groups excluding carboxylic acids is 1. The number of H-pyrrole nitrogens is 1. The van der Waals surface area contributed by atoms with E-state index in [9.17, 15) is 9.90 Å². The van der Waals surface area contributed by atoms with Gasteiger partial charge in [0.15, 0.2) is 0 Å². The summed E-state index contributed by atoms with van der Waals surface area (Å²) in [7, 11) is 0. The highest BCUT2D eigenvalue weighted by molar-refractivity contribution is 6.30. The molecule has 0 fully saturated rings. The minimum Gasteiger partial charge on any atom is -0.394 e. The van der Waals surface area contributed by atoms with Gasteiger partial charge in [-0.15, -0.1) is 0 Å². The molecular formula is C20H22ClN5O2. The van der Waals surface area contributed by atoms with E-state index in [1.807, 2.05) is 19.9 Å². The number of aromatic amines is 1. The van der Waals surface area contributed by atoms with E-state index < -0.39 is 6.04 Å². The third-order valence-corrected chi connectivity index (χ3v) is 4.30. The van der Waals surface area contributed by atoms with Crippen molar-refractivity contribution < 1.29 is 9.90 Å². The number of anilines is 1. The van der Waals surface area contributed by atoms with Crippen LogP contribution < -0.4 is 10.6 Å². The third kappa shape index (κ3) is 4.88. The Labute approximate surface area is 168 Å². The molecule has 0 spiro atoms. The Bertz CT molecular complexity index is 957. The van der Waals surface area contributed by atoms with Crippen LogP contribution in [-0.4, -0.2) is 38.6 Å². The van der Waals surface area contributed by atoms with Gasteiger partial charge in [0, 0.05) is 28.9 Å². The van der Waals surface area contributed by atoms with Gasteiger partial charge < -0.3 is 20.7 Å². The van der Waals surface area contributed by atoms with Crippen LogP contribution in [-0.2, 0) is 0 Å². The van der Waals surface area contributed by atoms with Crippen molar-refractivity contribution >= 4 is 23.3 Å². The van der Waals surface area contributed by atoms with E-state index in [-0.39, 0.29) is 18.6 Å². The van der Waals surface area contributed by atoms with E-state index in [4.69, 9.17) is 11.6 Å². The Morgan fingerprint density at radius 1 is 1.25 bits per heavy atom. The second-order valence-corrected chi connectivity index (χ2v) is 7.09. The first-order chi connectivity index (χ1) is 13.5. The van der Waals surface area contributed by atoms with Crippen LogP contribution in [0.2, 0.25) is 5.02 Å². The number of nitrogens with one attached hydrogen (secondary N) is 3. The molecule has 2 heterocycles. The van der Waals surface area contributed by atoms with Gasteiger partial charge in [-0.05, 0) is 37.6 Å². The van der Waals surface area contributed by atoms with Crippen LogP contribution in [0.5, 0.6) is 0 Å². The second kappa shape index (κ2) is 8.86. The molecule has 0 bridgehead atoms. The van der Waals surface area contributed by atoms with E-state index in [1.54, 1.807) is 36.5 Å². The minimum absolute atomic E-state index is 0.240. The molecule has 7 nitrogen and oxygen atoms in total. The zero-order valence-corrected chi connectivity index (χ0v) is 16.4. The summed E-state index contributed by atoms with van der Waals surface area (Å²) >= 11 is 6.00. The van der Waals surface area contributed by atoms with E-state index in [2.05, 4.69) is 25.6 Å². The number of amides is 1. The smallest absolute Gasteiger partial charge is 0.268 e. The van der Waals surface area contributed by atoms with E-state index in [1.165, 1.54) is 6.33 Å². The quantitative estimate of drug-likeness (QED) is 0.487. The van der Waals surface area contributed by atoms with Crippen molar-refractivity contribution in [2.24, 2.45) is 0 Å². The summed E-state index contributed by atoms with van der Waals surface area (Å²) in [6, 6.07) is 10.3. The molecule has 0 radical (unpaired) electrons. The predicted octanol–water partition coefficient (Wildman–Crippen LogP) is 3.41. The van der Waals surface area contributed by atoms with Gasteiger partial charge >= 0.3 is 0 Å². The molecule has 0 aliphatic heterocycles. The number of aromatic nitrogens is 3. The number of hydrogen-bond donors (Lipinski definition) is 4. The Morgan fingerprint density at radius 2 is 2.07 bits per heavy atom. The number of halogens is 1. The van der Waals surface area contributed by atoms with E-state index in [0.717, 1.165) is 11.1 Å². The number of nitrogens with zero attached hydrogens (tertiary/aromatic N) is 2. The van der Waals surface area contributed by atoms with Crippen molar-refractivity contribution in [2.45, 2.75) is 25.9 Å². The zero-order chi connectivity index (χ0) is 20.1. The number of hydrogen-bond acceptors (Lipinski definition) is 5. The summed E-state index contributed by atoms with van der Waals surface area (Å²) in [6.45, 7) is 3.81. The minimum atomic E-state index is -0.557. The monoisotopic (exact) mass is 399 g/mol. The molecule has 3 aromatic rings. The number of rotatable bonds is 7. The number of aliphatic hydroxyl groups is 1. The number of carbonyl (C=O) groups is 1. The van der Waals surface area contributed by atoms with Crippen molar-refractivity contribution in [3.05, 3.63) is 65.2 Å². The van der Waals surface area contributed by atoms with Gasteiger partial charge in [-0.1, -0.05) is 23.7 Å². The topological polar surface area (TPSA) is 103 Å². The summed E-state index contributed by atoms with van der Waals surface area (Å²) in [6.07, 6.45) is 3.19. The maximum Gasteiger partial charge on any atom is 0.268 e. The van der Waals surface area contributed by atoms with Crippen LogP contribution in [0.25, 0.3) is 11.3 Å². The lowest BCUT2D eigenvalue weighted by molar-refractivity contribution is 0.0912. The van der Waals surface area contributed by atoms with Crippen LogP contribution in [0.4, 0.5) is 5.82 Å². The second-order valence-electron chi connectivity index (χ2n) is 6.65. The molecule has 0 saturated carbocycles. The summed E-state index contributed by atoms with van der Waals surface area (Å²) in [5, 5.41) is 16.2. The number of aliphatic hydroxyl groups excluding tert-OH is 1. The normalized spacial score (nSPS) is 12.0. The van der Waals surface area contributed by atoms with Gasteiger partial charge in [0.25, 0.3) is 5.91 Å². The molecule has 2 aromatic heterocycles. The molecule has 1 unspecified atom stereocenters. The fourth-order valence-electron chi connectivity index (χ4n) is 2.76. The largest absolute Gasteiger partial charge is 0.394 e. The van der Waals surface area contributed by atoms with Crippen molar-refractivity contribution in [3.8, 4) is 11.3 Å². The lowest BCUT2D eigenvalue weighted by Gasteiger charge is -2.16. The first-order valence-electron chi connectivity index (χ1n) is 8.91. The van der Waals surface area contributed by atoms with Crippen LogP contribution >= 0.6 is 11.6 Å². The summed E-state index contributed by atoms with van der Waals surface area (Å²) in [5.74, 6) is 0.383. The van der Waals surface area contributed by atoms with Gasteiger partial charge in [-0.2, -0.15) is 0 Å². The Hall–Kier alpha value is -2.90. The van der Waals surface area contributed by atoms with Gasteiger partial charge in [0.2, 0.25) is 0 Å². The SMILES string of the molecule is CC(C)Nc1cc(-c2c[nH]c(C(=O)NC(CO)c3cccc(Cl)c3)c2)ncn1. The number of benzene rings is 1. The fraction of sp³-hybridized carbons (Fsp3) is 0.250. The Balaban J connectivity index is 1.75. The molecular weight excluding hydrogens is 378 g/mol. The maximum atomic E-state index is 12.6. The molecule has 1 amide bonds. The van der Waals surface area contributed by atoms with Crippen LogP contribution in [0.1, 0.15) is 35.9 Å². The predicted molar refractivity (Wildman–Crippen MR) is 109 cm³/mol. The maximum absolute atomic E-state index is 12.6. The average molecular weight is 400 g/mol. The van der Waals surface area contributed by atoms with E-state index >= 15 is 0 Å². The first-order valence-corrected chi connectivity index (χ1v) is 9.28. The summed E-state index contributed by atoms with van der Waals surface area (Å²) < 4.78 is 0. The van der Waals surface area contributed by atoms with E-state index in [0.29, 0.717) is 22.2 Å². The molecule has 8 heteroatoms. The zero-order valence-electron chi connectivity index (χ0n) is 15.6. The van der Waals surface area contributed by atoms with Crippen molar-refractivity contribution in [2.75, 3.05) is 11.9 Å². The molecule has 28 heavy (non-hydrogen) atoms. The lowest BCUT2D eigenvalue weighted by atomic mass is 10.1. The van der Waals surface area contributed by atoms with Gasteiger partial charge in [0.05, 0.1) is 18.3 Å². The average Bonchev–Trinajstić information content (AvgIpc) is 3.16. The highest BCUT2D eigenvalue weighted by Crippen LogP contribution is 2.21. The van der Waals surface area contributed by atoms with Crippen LogP contribution in [0, 0.1) is 0 Å². The molecule has 1 aromatic carbocycles. The molecule has 0 aliphatic carbocycles. The Morgan fingerprint density at radius 3 is 2.79 bits per heavy atom. The molecule has 0 saturated heterocycles. The van der Waals surface area contributed by atoms with Crippen molar-refractivity contribution in [3.63, 3.8) is 0 Å². The van der Waals surface area contributed by atoms with Gasteiger partial charge in [-0.3, -0.25) is 4.79 Å². The van der Waals surface area contributed by atoms with Crippen molar-refractivity contribution in [1.29, 1.82) is 0 Å². The highest BCUT2D eigenvalue weighted by atomic mass is 35.5. The highest BCUT2D eigenvalue weighted by Gasteiger charge is 2.17. The van der Waals surface area contributed by atoms with Crippen LogP contribution in [0.15, 0.2) is 48.9 Å². The van der Waals surface area contributed by atoms with Crippen LogP contribution in [0.3, 0.4) is 0 Å². The molecule has 3 rings (SSSR count). The van der Waals surface area contributed by atoms with Gasteiger partial charge in [-0.25, -0.2) is 9.97 Å². The molecule has 1 atom stereocenters. The summed E-state index contributed by atoms with van der Waals surface area (Å²) in [4.78, 5) is 24.0. The lowest BCUT2D eigenvalue weighted by Crippen LogP contribution is -2.31. The summed E-state index contributed by atoms with van der Waals surface area (Å²) in [5.41, 5.74) is 2.56. The standard InChI is InChI=1S/C20H22ClN5O2/c1-12(2)25-19-8-16(23-11-24-19)14-7-17(22-9-14)20(28)26-18(10-27)13-4-3-5-15(21)6-13/h3-9,11-12,18,22,27H,10H2,1-2H3,(H,26,28)(H,23,24,25). The third-order valence-electron chi connectivity index (χ3n) is 4.07. The molecule has 4 N–H and O–H groups in total. The molecule has 146 valence electrons.